The number of amides is 2. The molecule has 0 aromatic heterocycles. The first-order chi connectivity index (χ1) is 15.0. The van der Waals surface area contributed by atoms with Crippen molar-refractivity contribution < 1.29 is 9.59 Å². The topological polar surface area (TPSA) is 52.7 Å². The average molecular weight is 478 g/mol. The van der Waals surface area contributed by atoms with E-state index in [-0.39, 0.29) is 11.8 Å². The number of benzene rings is 3. The molecule has 0 saturated carbocycles. The molecule has 3 aromatic rings. The van der Waals surface area contributed by atoms with Gasteiger partial charge in [-0.15, -0.1) is 0 Å². The van der Waals surface area contributed by atoms with Gasteiger partial charge in [0, 0.05) is 53.2 Å². The third-order valence-electron chi connectivity index (χ3n) is 5.54. The standard InChI is InChI=1S/C25H24BrN3O2/c1-18-4-2-3-5-23(18)25(31)29-16-14-28(15-17-29)22-12-10-21(11-13-22)27-24(30)19-6-8-20(26)9-7-19/h2-13H,14-17H2,1H3,(H,27,30). The van der Waals surface area contributed by atoms with Crippen molar-refractivity contribution in [1.29, 1.82) is 0 Å². The summed E-state index contributed by atoms with van der Waals surface area (Å²) in [6.07, 6.45) is 0. The van der Waals surface area contributed by atoms with Gasteiger partial charge in [0.05, 0.1) is 0 Å². The van der Waals surface area contributed by atoms with Gasteiger partial charge in [0.15, 0.2) is 0 Å². The Balaban J connectivity index is 1.34. The SMILES string of the molecule is Cc1ccccc1C(=O)N1CCN(c2ccc(NC(=O)c3ccc(Br)cc3)cc2)CC1. The number of carbonyl (C=O) groups excluding carboxylic acids is 2. The van der Waals surface area contributed by atoms with Gasteiger partial charge in [0.2, 0.25) is 0 Å². The van der Waals surface area contributed by atoms with Crippen molar-refractivity contribution in [3.63, 3.8) is 0 Å². The smallest absolute Gasteiger partial charge is 0.255 e. The van der Waals surface area contributed by atoms with Crippen molar-refractivity contribution in [3.8, 4) is 0 Å². The molecule has 3 aromatic carbocycles. The van der Waals surface area contributed by atoms with Crippen LogP contribution in [0.1, 0.15) is 26.3 Å². The van der Waals surface area contributed by atoms with Gasteiger partial charge in [-0.1, -0.05) is 34.1 Å². The number of hydrogen-bond donors (Lipinski definition) is 1. The van der Waals surface area contributed by atoms with E-state index in [0.29, 0.717) is 18.7 Å². The van der Waals surface area contributed by atoms with Gasteiger partial charge in [0.25, 0.3) is 11.8 Å². The summed E-state index contributed by atoms with van der Waals surface area (Å²) < 4.78 is 0.939. The van der Waals surface area contributed by atoms with Crippen LogP contribution < -0.4 is 10.2 Å². The maximum atomic E-state index is 12.8. The van der Waals surface area contributed by atoms with Crippen LogP contribution in [0, 0.1) is 6.92 Å². The summed E-state index contributed by atoms with van der Waals surface area (Å²) in [5.74, 6) is -0.0349. The molecule has 1 saturated heterocycles. The Hall–Kier alpha value is -3.12. The zero-order chi connectivity index (χ0) is 21.8. The van der Waals surface area contributed by atoms with E-state index in [1.54, 1.807) is 12.1 Å². The zero-order valence-corrected chi connectivity index (χ0v) is 18.9. The molecule has 158 valence electrons. The van der Waals surface area contributed by atoms with Crippen LogP contribution in [-0.4, -0.2) is 42.9 Å². The predicted octanol–water partition coefficient (Wildman–Crippen LogP) is 4.97. The molecule has 0 spiro atoms. The molecule has 1 aliphatic heterocycles. The minimum Gasteiger partial charge on any atom is -0.368 e. The molecule has 2 amide bonds. The van der Waals surface area contributed by atoms with Crippen LogP contribution in [0.5, 0.6) is 0 Å². The highest BCUT2D eigenvalue weighted by Crippen LogP contribution is 2.21. The molecule has 0 unspecified atom stereocenters. The highest BCUT2D eigenvalue weighted by atomic mass is 79.9. The second kappa shape index (κ2) is 9.35. The maximum Gasteiger partial charge on any atom is 0.255 e. The lowest BCUT2D eigenvalue weighted by Crippen LogP contribution is -2.48. The van der Waals surface area contributed by atoms with Crippen LogP contribution in [0.2, 0.25) is 0 Å². The van der Waals surface area contributed by atoms with Crippen molar-refractivity contribution in [2.75, 3.05) is 36.4 Å². The summed E-state index contributed by atoms with van der Waals surface area (Å²) in [4.78, 5) is 29.4. The number of nitrogens with zero attached hydrogens (tertiary/aromatic N) is 2. The third-order valence-corrected chi connectivity index (χ3v) is 6.07. The van der Waals surface area contributed by atoms with E-state index in [0.717, 1.165) is 40.1 Å². The number of carbonyl (C=O) groups is 2. The summed E-state index contributed by atoms with van der Waals surface area (Å²) in [5, 5.41) is 2.93. The second-order valence-electron chi connectivity index (χ2n) is 7.60. The van der Waals surface area contributed by atoms with Crippen molar-refractivity contribution in [3.05, 3.63) is 94.0 Å². The molecule has 4 rings (SSSR count). The monoisotopic (exact) mass is 477 g/mol. The summed E-state index contributed by atoms with van der Waals surface area (Å²) in [6, 6.07) is 22.8. The number of halogens is 1. The van der Waals surface area contributed by atoms with Gasteiger partial charge >= 0.3 is 0 Å². The third kappa shape index (κ3) is 4.97. The molecule has 31 heavy (non-hydrogen) atoms. The van der Waals surface area contributed by atoms with Gasteiger partial charge in [-0.25, -0.2) is 0 Å². The summed E-state index contributed by atoms with van der Waals surface area (Å²) >= 11 is 3.38. The molecular weight excluding hydrogens is 454 g/mol. The molecule has 1 aliphatic rings. The molecule has 1 fully saturated rings. The fourth-order valence-electron chi connectivity index (χ4n) is 3.71. The molecule has 0 atom stereocenters. The minimum atomic E-state index is -0.136. The van der Waals surface area contributed by atoms with Crippen LogP contribution in [0.15, 0.2) is 77.3 Å². The number of nitrogens with one attached hydrogen (secondary N) is 1. The average Bonchev–Trinajstić information content (AvgIpc) is 2.80. The van der Waals surface area contributed by atoms with Crippen LogP contribution >= 0.6 is 15.9 Å². The number of aryl methyl sites for hydroxylation is 1. The van der Waals surface area contributed by atoms with Gasteiger partial charge < -0.3 is 15.1 Å². The first-order valence-corrected chi connectivity index (χ1v) is 11.1. The Labute approximate surface area is 190 Å². The molecule has 1 heterocycles. The molecular formula is C25H24BrN3O2. The number of piperazine rings is 1. The molecule has 0 radical (unpaired) electrons. The van der Waals surface area contributed by atoms with E-state index in [9.17, 15) is 9.59 Å². The Kier molecular flexibility index (Phi) is 6.37. The van der Waals surface area contributed by atoms with Gasteiger partial charge in [-0.3, -0.25) is 9.59 Å². The Morgan fingerprint density at radius 2 is 1.48 bits per heavy atom. The zero-order valence-electron chi connectivity index (χ0n) is 17.3. The second-order valence-corrected chi connectivity index (χ2v) is 8.52. The Morgan fingerprint density at radius 3 is 2.13 bits per heavy atom. The van der Waals surface area contributed by atoms with Gasteiger partial charge in [-0.2, -0.15) is 0 Å². The van der Waals surface area contributed by atoms with Crippen molar-refractivity contribution in [1.82, 2.24) is 4.90 Å². The fraction of sp³-hybridized carbons (Fsp3) is 0.200. The first kappa shape index (κ1) is 21.1. The molecule has 6 heteroatoms. The summed E-state index contributed by atoms with van der Waals surface area (Å²) in [7, 11) is 0. The van der Waals surface area contributed by atoms with Crippen molar-refractivity contribution in [2.45, 2.75) is 6.92 Å². The van der Waals surface area contributed by atoms with Gasteiger partial charge in [-0.05, 0) is 67.1 Å². The lowest BCUT2D eigenvalue weighted by atomic mass is 10.1. The van der Waals surface area contributed by atoms with Gasteiger partial charge in [0.1, 0.15) is 0 Å². The molecule has 0 aliphatic carbocycles. The van der Waals surface area contributed by atoms with Crippen molar-refractivity contribution >= 4 is 39.1 Å². The van der Waals surface area contributed by atoms with E-state index >= 15 is 0 Å². The van der Waals surface area contributed by atoms with E-state index in [1.807, 2.05) is 72.5 Å². The highest BCUT2D eigenvalue weighted by Gasteiger charge is 2.23. The Morgan fingerprint density at radius 1 is 0.839 bits per heavy atom. The normalized spacial score (nSPS) is 13.7. The van der Waals surface area contributed by atoms with Crippen LogP contribution in [0.4, 0.5) is 11.4 Å². The predicted molar refractivity (Wildman–Crippen MR) is 128 cm³/mol. The number of rotatable bonds is 4. The molecule has 5 nitrogen and oxygen atoms in total. The summed E-state index contributed by atoms with van der Waals surface area (Å²) in [6.45, 7) is 4.91. The quantitative estimate of drug-likeness (QED) is 0.576. The summed E-state index contributed by atoms with van der Waals surface area (Å²) in [5.41, 5.74) is 4.24. The largest absolute Gasteiger partial charge is 0.368 e. The minimum absolute atomic E-state index is 0.101. The highest BCUT2D eigenvalue weighted by molar-refractivity contribution is 9.10. The lowest BCUT2D eigenvalue weighted by Gasteiger charge is -2.36. The van der Waals surface area contributed by atoms with Crippen LogP contribution in [0.25, 0.3) is 0 Å². The van der Waals surface area contributed by atoms with E-state index in [1.165, 1.54) is 0 Å². The first-order valence-electron chi connectivity index (χ1n) is 10.3. The Bertz CT molecular complexity index is 1070. The molecule has 1 N–H and O–H groups in total. The van der Waals surface area contributed by atoms with Crippen LogP contribution in [0.3, 0.4) is 0 Å². The van der Waals surface area contributed by atoms with Crippen LogP contribution in [-0.2, 0) is 0 Å². The van der Waals surface area contributed by atoms with E-state index in [2.05, 4.69) is 26.1 Å². The van der Waals surface area contributed by atoms with E-state index in [4.69, 9.17) is 0 Å². The molecule has 0 bridgehead atoms. The van der Waals surface area contributed by atoms with E-state index < -0.39 is 0 Å². The fourth-order valence-corrected chi connectivity index (χ4v) is 3.98. The number of hydrogen-bond acceptors (Lipinski definition) is 3. The lowest BCUT2D eigenvalue weighted by molar-refractivity contribution is 0.0746. The van der Waals surface area contributed by atoms with Crippen molar-refractivity contribution in [2.24, 2.45) is 0 Å². The maximum absolute atomic E-state index is 12.8. The number of anilines is 2.